The molecular formula is C15H23ClN2O. The number of likely N-dealkylation sites (tertiary alicyclic amines) is 1. The normalized spacial score (nSPS) is 26.6. The van der Waals surface area contributed by atoms with Gasteiger partial charge in [-0.2, -0.15) is 0 Å². The zero-order valence-corrected chi connectivity index (χ0v) is 12.8. The van der Waals surface area contributed by atoms with E-state index in [1.165, 1.54) is 17.0 Å². The number of Topliss-reactive ketones (excluding diaryl/α,β-unsaturated/α-hetero) is 1. The maximum Gasteiger partial charge on any atom is 0.169 e. The van der Waals surface area contributed by atoms with Crippen molar-refractivity contribution in [3.05, 3.63) is 22.5 Å². The number of rotatable bonds is 1. The molecule has 2 atom stereocenters. The first-order valence-corrected chi connectivity index (χ1v) is 7.04. The fourth-order valence-electron chi connectivity index (χ4n) is 3.78. The SMILES string of the molecule is CCc1c(C)[nH]c2c1C(=O)C1CN(C)CCC1C2.Cl. The minimum absolute atomic E-state index is 0. The molecule has 19 heavy (non-hydrogen) atoms. The number of halogens is 1. The number of aromatic nitrogens is 1. The van der Waals surface area contributed by atoms with E-state index in [-0.39, 0.29) is 18.3 Å². The first kappa shape index (κ1) is 14.6. The van der Waals surface area contributed by atoms with Gasteiger partial charge in [-0.15, -0.1) is 12.4 Å². The Kier molecular flexibility index (Phi) is 4.07. The second-order valence-electron chi connectivity index (χ2n) is 5.92. The smallest absolute Gasteiger partial charge is 0.169 e. The molecule has 1 fully saturated rings. The van der Waals surface area contributed by atoms with Crippen LogP contribution in [0.1, 0.15) is 40.7 Å². The maximum atomic E-state index is 12.7. The third kappa shape index (κ3) is 2.23. The lowest BCUT2D eigenvalue weighted by atomic mass is 9.73. The van der Waals surface area contributed by atoms with Gasteiger partial charge >= 0.3 is 0 Å². The van der Waals surface area contributed by atoms with Crippen LogP contribution in [0.3, 0.4) is 0 Å². The summed E-state index contributed by atoms with van der Waals surface area (Å²) in [5.74, 6) is 1.19. The average Bonchev–Trinajstić information content (AvgIpc) is 2.66. The molecule has 0 saturated carbocycles. The summed E-state index contributed by atoms with van der Waals surface area (Å²) in [6.07, 6.45) is 3.18. The molecule has 1 N–H and O–H groups in total. The first-order chi connectivity index (χ1) is 8.61. The zero-order valence-electron chi connectivity index (χ0n) is 12.0. The van der Waals surface area contributed by atoms with Crippen molar-refractivity contribution in [2.45, 2.75) is 33.1 Å². The molecule has 4 heteroatoms. The highest BCUT2D eigenvalue weighted by Crippen LogP contribution is 2.37. The molecule has 3 rings (SSSR count). The van der Waals surface area contributed by atoms with Gasteiger partial charge in [0.2, 0.25) is 0 Å². The fourth-order valence-corrected chi connectivity index (χ4v) is 3.78. The minimum atomic E-state index is 0. The lowest BCUT2D eigenvalue weighted by Gasteiger charge is -2.38. The van der Waals surface area contributed by atoms with Gasteiger partial charge in [0.25, 0.3) is 0 Å². The molecule has 1 saturated heterocycles. The number of H-pyrrole nitrogens is 1. The van der Waals surface area contributed by atoms with Crippen LogP contribution >= 0.6 is 12.4 Å². The maximum absolute atomic E-state index is 12.7. The van der Waals surface area contributed by atoms with Crippen LogP contribution in [-0.2, 0) is 12.8 Å². The number of hydrogen-bond donors (Lipinski definition) is 1. The Morgan fingerprint density at radius 3 is 2.84 bits per heavy atom. The monoisotopic (exact) mass is 282 g/mol. The number of carbonyl (C=O) groups is 1. The van der Waals surface area contributed by atoms with Crippen molar-refractivity contribution in [1.82, 2.24) is 9.88 Å². The third-order valence-electron chi connectivity index (χ3n) is 4.76. The summed E-state index contributed by atoms with van der Waals surface area (Å²) in [6.45, 7) is 6.31. The van der Waals surface area contributed by atoms with E-state index in [9.17, 15) is 4.79 Å². The molecule has 1 aliphatic carbocycles. The predicted molar refractivity (Wildman–Crippen MR) is 79.3 cm³/mol. The van der Waals surface area contributed by atoms with E-state index in [2.05, 4.69) is 30.8 Å². The van der Waals surface area contributed by atoms with Crippen molar-refractivity contribution in [2.24, 2.45) is 11.8 Å². The highest BCUT2D eigenvalue weighted by molar-refractivity contribution is 6.02. The Morgan fingerprint density at radius 1 is 1.42 bits per heavy atom. The van der Waals surface area contributed by atoms with Gasteiger partial charge in [-0.05, 0) is 51.3 Å². The van der Waals surface area contributed by atoms with Crippen molar-refractivity contribution in [3.63, 3.8) is 0 Å². The molecule has 0 bridgehead atoms. The molecule has 106 valence electrons. The molecule has 2 unspecified atom stereocenters. The summed E-state index contributed by atoms with van der Waals surface area (Å²) in [7, 11) is 2.13. The Balaban J connectivity index is 0.00000133. The van der Waals surface area contributed by atoms with E-state index < -0.39 is 0 Å². The van der Waals surface area contributed by atoms with Crippen LogP contribution in [0.25, 0.3) is 0 Å². The topological polar surface area (TPSA) is 36.1 Å². The van der Waals surface area contributed by atoms with Crippen LogP contribution in [-0.4, -0.2) is 35.8 Å². The van der Waals surface area contributed by atoms with Crippen LogP contribution in [0.4, 0.5) is 0 Å². The molecule has 3 nitrogen and oxygen atoms in total. The molecule has 0 aromatic carbocycles. The summed E-state index contributed by atoms with van der Waals surface area (Å²) in [6, 6.07) is 0. The van der Waals surface area contributed by atoms with Crippen LogP contribution in [0, 0.1) is 18.8 Å². The van der Waals surface area contributed by atoms with Gasteiger partial charge in [0, 0.05) is 29.4 Å². The van der Waals surface area contributed by atoms with Crippen LogP contribution in [0.15, 0.2) is 0 Å². The number of ketones is 1. The first-order valence-electron chi connectivity index (χ1n) is 7.04. The van der Waals surface area contributed by atoms with Gasteiger partial charge in [-0.25, -0.2) is 0 Å². The Hall–Kier alpha value is -0.800. The molecule has 2 aliphatic rings. The summed E-state index contributed by atoms with van der Waals surface area (Å²) >= 11 is 0. The van der Waals surface area contributed by atoms with Crippen LogP contribution < -0.4 is 0 Å². The highest BCUT2D eigenvalue weighted by Gasteiger charge is 2.40. The molecule has 0 radical (unpaired) electrons. The number of hydrogen-bond acceptors (Lipinski definition) is 2. The average molecular weight is 283 g/mol. The number of nitrogens with one attached hydrogen (secondary N) is 1. The Bertz CT molecular complexity index is 495. The number of carbonyl (C=O) groups excluding carboxylic acids is 1. The number of aryl methyl sites for hydroxylation is 1. The van der Waals surface area contributed by atoms with Crippen molar-refractivity contribution in [3.8, 4) is 0 Å². The lowest BCUT2D eigenvalue weighted by molar-refractivity contribution is 0.0705. The quantitative estimate of drug-likeness (QED) is 0.859. The fraction of sp³-hybridized carbons (Fsp3) is 0.667. The number of nitrogens with zero attached hydrogens (tertiary/aromatic N) is 1. The van der Waals surface area contributed by atoms with Gasteiger partial charge < -0.3 is 9.88 Å². The van der Waals surface area contributed by atoms with Crippen molar-refractivity contribution < 1.29 is 4.79 Å². The summed E-state index contributed by atoms with van der Waals surface area (Å²) in [5, 5.41) is 0. The Labute approximate surface area is 121 Å². The summed E-state index contributed by atoms with van der Waals surface area (Å²) in [5.41, 5.74) is 4.69. The second-order valence-corrected chi connectivity index (χ2v) is 5.92. The molecule has 1 aromatic rings. The number of fused-ring (bicyclic) bond motifs is 2. The molecule has 1 aromatic heterocycles. The van der Waals surface area contributed by atoms with E-state index >= 15 is 0 Å². The van der Waals surface area contributed by atoms with Crippen LogP contribution in [0.2, 0.25) is 0 Å². The van der Waals surface area contributed by atoms with E-state index in [1.807, 2.05) is 0 Å². The predicted octanol–water partition coefficient (Wildman–Crippen LogP) is 2.61. The van der Waals surface area contributed by atoms with Gasteiger partial charge in [0.15, 0.2) is 5.78 Å². The standard InChI is InChI=1S/C15H22N2O.ClH/c1-4-11-9(2)16-13-7-10-5-6-17(3)8-12(10)15(18)14(11)13;/h10,12,16H,4-8H2,1-3H3;1H. The largest absolute Gasteiger partial charge is 0.362 e. The minimum Gasteiger partial charge on any atom is -0.362 e. The van der Waals surface area contributed by atoms with Gasteiger partial charge in [0.05, 0.1) is 0 Å². The molecule has 2 heterocycles. The number of aromatic amines is 1. The van der Waals surface area contributed by atoms with E-state index in [1.54, 1.807) is 0 Å². The van der Waals surface area contributed by atoms with Gasteiger partial charge in [0.1, 0.15) is 0 Å². The molecule has 0 amide bonds. The van der Waals surface area contributed by atoms with Crippen molar-refractivity contribution in [2.75, 3.05) is 20.1 Å². The Morgan fingerprint density at radius 2 is 2.16 bits per heavy atom. The molecule has 0 spiro atoms. The molecule has 1 aliphatic heterocycles. The highest BCUT2D eigenvalue weighted by atomic mass is 35.5. The molecular weight excluding hydrogens is 260 g/mol. The van der Waals surface area contributed by atoms with Crippen molar-refractivity contribution >= 4 is 18.2 Å². The van der Waals surface area contributed by atoms with E-state index in [0.717, 1.165) is 37.9 Å². The zero-order chi connectivity index (χ0) is 12.9. The van der Waals surface area contributed by atoms with Gasteiger partial charge in [-0.3, -0.25) is 4.79 Å². The second kappa shape index (κ2) is 5.29. The lowest BCUT2D eigenvalue weighted by Crippen LogP contribution is -2.45. The van der Waals surface area contributed by atoms with Gasteiger partial charge in [-0.1, -0.05) is 6.92 Å². The third-order valence-corrected chi connectivity index (χ3v) is 4.76. The van der Waals surface area contributed by atoms with Crippen molar-refractivity contribution in [1.29, 1.82) is 0 Å². The summed E-state index contributed by atoms with van der Waals surface area (Å²) < 4.78 is 0. The van der Waals surface area contributed by atoms with E-state index in [0.29, 0.717) is 11.7 Å². The number of piperidine rings is 1. The van der Waals surface area contributed by atoms with E-state index in [4.69, 9.17) is 0 Å². The van der Waals surface area contributed by atoms with Crippen LogP contribution in [0.5, 0.6) is 0 Å². The summed E-state index contributed by atoms with van der Waals surface area (Å²) in [4.78, 5) is 18.5.